The monoisotopic (exact) mass is 447 g/mol. The summed E-state index contributed by atoms with van der Waals surface area (Å²) < 4.78 is 2.30. The highest BCUT2D eigenvalue weighted by Crippen LogP contribution is 2.31. The normalized spacial score (nSPS) is 10.3. The number of phenolic OH excluding ortho intramolecular Hbond substituents is 1. The smallest absolute Gasteiger partial charge is 0.259 e. The van der Waals surface area contributed by atoms with E-state index in [0.717, 1.165) is 8.95 Å². The number of carbonyl (C=O) groups is 1. The first-order chi connectivity index (χ1) is 8.99. The SMILES string of the molecule is O=C(Nc1cccc(Br)c1Br)c1ccc(Br)cc1O. The zero-order valence-corrected chi connectivity index (χ0v) is 14.2. The third-order valence-corrected chi connectivity index (χ3v) is 4.94. The van der Waals surface area contributed by atoms with Crippen LogP contribution in [0.5, 0.6) is 5.75 Å². The van der Waals surface area contributed by atoms with Gasteiger partial charge in [0.1, 0.15) is 5.75 Å². The van der Waals surface area contributed by atoms with Gasteiger partial charge in [-0.05, 0) is 62.2 Å². The van der Waals surface area contributed by atoms with Crippen LogP contribution in [0, 0.1) is 0 Å². The molecule has 0 radical (unpaired) electrons. The van der Waals surface area contributed by atoms with Crippen molar-refractivity contribution in [1.29, 1.82) is 0 Å². The second kappa shape index (κ2) is 6.07. The zero-order chi connectivity index (χ0) is 14.0. The predicted octanol–water partition coefficient (Wildman–Crippen LogP) is 4.93. The fraction of sp³-hybridized carbons (Fsp3) is 0. The van der Waals surface area contributed by atoms with Gasteiger partial charge in [0.05, 0.1) is 15.7 Å². The van der Waals surface area contributed by atoms with Crippen molar-refractivity contribution in [3.63, 3.8) is 0 Å². The van der Waals surface area contributed by atoms with Crippen molar-refractivity contribution >= 4 is 59.4 Å². The van der Waals surface area contributed by atoms with Crippen molar-refractivity contribution in [2.24, 2.45) is 0 Å². The minimum atomic E-state index is -0.371. The van der Waals surface area contributed by atoms with E-state index in [1.807, 2.05) is 12.1 Å². The molecule has 0 aromatic heterocycles. The molecule has 19 heavy (non-hydrogen) atoms. The summed E-state index contributed by atoms with van der Waals surface area (Å²) in [6.07, 6.45) is 0. The maximum atomic E-state index is 12.1. The number of nitrogens with one attached hydrogen (secondary N) is 1. The van der Waals surface area contributed by atoms with Crippen molar-refractivity contribution in [3.8, 4) is 5.75 Å². The second-order valence-electron chi connectivity index (χ2n) is 3.72. The molecule has 0 bridgehead atoms. The second-order valence-corrected chi connectivity index (χ2v) is 6.28. The highest BCUT2D eigenvalue weighted by molar-refractivity contribution is 9.13. The summed E-state index contributed by atoms with van der Waals surface area (Å²) in [4.78, 5) is 12.1. The standard InChI is InChI=1S/C13H8Br3NO2/c14-7-4-5-8(11(18)6-7)13(19)17-10-3-1-2-9(15)12(10)16/h1-6,18H,(H,17,19). The fourth-order valence-corrected chi connectivity index (χ4v) is 2.57. The third kappa shape index (κ3) is 3.38. The zero-order valence-electron chi connectivity index (χ0n) is 9.45. The predicted molar refractivity (Wildman–Crippen MR) is 85.6 cm³/mol. The number of amides is 1. The lowest BCUT2D eigenvalue weighted by atomic mass is 10.2. The Kier molecular flexibility index (Phi) is 4.65. The molecule has 2 rings (SSSR count). The number of phenols is 1. The third-order valence-electron chi connectivity index (χ3n) is 2.40. The Morgan fingerprint density at radius 3 is 2.53 bits per heavy atom. The number of rotatable bonds is 2. The van der Waals surface area contributed by atoms with Gasteiger partial charge in [0.15, 0.2) is 0 Å². The summed E-state index contributed by atoms with van der Waals surface area (Å²) in [6, 6.07) is 10.2. The van der Waals surface area contributed by atoms with Crippen molar-refractivity contribution in [2.75, 3.05) is 5.32 Å². The average molecular weight is 450 g/mol. The van der Waals surface area contributed by atoms with Crippen LogP contribution < -0.4 is 5.32 Å². The molecular weight excluding hydrogens is 442 g/mol. The van der Waals surface area contributed by atoms with E-state index < -0.39 is 0 Å². The molecule has 0 aliphatic rings. The van der Waals surface area contributed by atoms with E-state index in [4.69, 9.17) is 0 Å². The Balaban J connectivity index is 2.28. The van der Waals surface area contributed by atoms with Gasteiger partial charge in [-0.25, -0.2) is 0 Å². The van der Waals surface area contributed by atoms with Gasteiger partial charge in [0, 0.05) is 8.95 Å². The van der Waals surface area contributed by atoms with E-state index in [0.29, 0.717) is 10.2 Å². The number of halogens is 3. The van der Waals surface area contributed by atoms with Gasteiger partial charge >= 0.3 is 0 Å². The van der Waals surface area contributed by atoms with Gasteiger partial charge < -0.3 is 10.4 Å². The van der Waals surface area contributed by atoms with Gasteiger partial charge in [0.25, 0.3) is 5.91 Å². The highest BCUT2D eigenvalue weighted by atomic mass is 79.9. The van der Waals surface area contributed by atoms with Gasteiger partial charge in [-0.1, -0.05) is 22.0 Å². The molecule has 2 aromatic rings. The Morgan fingerprint density at radius 1 is 1.11 bits per heavy atom. The molecule has 3 nitrogen and oxygen atoms in total. The molecule has 2 N–H and O–H groups in total. The van der Waals surface area contributed by atoms with Crippen LogP contribution in [0.25, 0.3) is 0 Å². The van der Waals surface area contributed by atoms with E-state index in [1.54, 1.807) is 18.2 Å². The molecule has 6 heteroatoms. The minimum Gasteiger partial charge on any atom is -0.507 e. The number of carbonyl (C=O) groups excluding carboxylic acids is 1. The molecule has 0 aliphatic carbocycles. The molecule has 0 saturated heterocycles. The molecule has 1 amide bonds. The van der Waals surface area contributed by atoms with Gasteiger partial charge in [-0.3, -0.25) is 4.79 Å². The van der Waals surface area contributed by atoms with Crippen molar-refractivity contribution in [1.82, 2.24) is 0 Å². The van der Waals surface area contributed by atoms with Crippen LogP contribution in [0.4, 0.5) is 5.69 Å². The topological polar surface area (TPSA) is 49.3 Å². The largest absolute Gasteiger partial charge is 0.507 e. The fourth-order valence-electron chi connectivity index (χ4n) is 1.49. The number of aromatic hydroxyl groups is 1. The van der Waals surface area contributed by atoms with Crippen LogP contribution in [0.15, 0.2) is 49.8 Å². The Hall–Kier alpha value is -0.850. The first-order valence-corrected chi connectivity index (χ1v) is 7.61. The summed E-state index contributed by atoms with van der Waals surface area (Å²) in [5, 5.41) is 12.5. The minimum absolute atomic E-state index is 0.0713. The van der Waals surface area contributed by atoms with Gasteiger partial charge in [-0.2, -0.15) is 0 Å². The van der Waals surface area contributed by atoms with Crippen LogP contribution in [-0.2, 0) is 0 Å². The Bertz CT molecular complexity index is 644. The molecule has 0 saturated carbocycles. The molecule has 0 heterocycles. The van der Waals surface area contributed by atoms with E-state index >= 15 is 0 Å². The molecule has 98 valence electrons. The molecule has 0 spiro atoms. The van der Waals surface area contributed by atoms with E-state index in [1.165, 1.54) is 6.07 Å². The number of anilines is 1. The van der Waals surface area contributed by atoms with E-state index in [2.05, 4.69) is 53.1 Å². The summed E-state index contributed by atoms with van der Waals surface area (Å²) in [5.74, 6) is -0.443. The van der Waals surface area contributed by atoms with Crippen LogP contribution in [0.3, 0.4) is 0 Å². The van der Waals surface area contributed by atoms with Crippen LogP contribution >= 0.6 is 47.8 Å². The Morgan fingerprint density at radius 2 is 1.84 bits per heavy atom. The molecule has 0 atom stereocenters. The van der Waals surface area contributed by atoms with E-state index in [-0.39, 0.29) is 17.2 Å². The van der Waals surface area contributed by atoms with Crippen molar-refractivity contribution in [3.05, 3.63) is 55.4 Å². The van der Waals surface area contributed by atoms with Crippen molar-refractivity contribution < 1.29 is 9.90 Å². The Labute approximate surface area is 135 Å². The van der Waals surface area contributed by atoms with Crippen LogP contribution in [-0.4, -0.2) is 11.0 Å². The first-order valence-electron chi connectivity index (χ1n) is 5.23. The van der Waals surface area contributed by atoms with E-state index in [9.17, 15) is 9.90 Å². The number of hydrogen-bond acceptors (Lipinski definition) is 2. The number of benzene rings is 2. The van der Waals surface area contributed by atoms with Crippen LogP contribution in [0.2, 0.25) is 0 Å². The van der Waals surface area contributed by atoms with Crippen LogP contribution in [0.1, 0.15) is 10.4 Å². The van der Waals surface area contributed by atoms with Gasteiger partial charge in [0.2, 0.25) is 0 Å². The van der Waals surface area contributed by atoms with Gasteiger partial charge in [-0.15, -0.1) is 0 Å². The lowest BCUT2D eigenvalue weighted by molar-refractivity contribution is 0.102. The lowest BCUT2D eigenvalue weighted by Crippen LogP contribution is -2.12. The first kappa shape index (κ1) is 14.6. The molecule has 2 aromatic carbocycles. The lowest BCUT2D eigenvalue weighted by Gasteiger charge is -2.09. The highest BCUT2D eigenvalue weighted by Gasteiger charge is 2.13. The number of hydrogen-bond donors (Lipinski definition) is 2. The summed E-state index contributed by atoms with van der Waals surface area (Å²) in [5.41, 5.74) is 0.844. The molecule has 0 fully saturated rings. The summed E-state index contributed by atoms with van der Waals surface area (Å²) in [7, 11) is 0. The molecule has 0 unspecified atom stereocenters. The quantitative estimate of drug-likeness (QED) is 0.682. The molecule has 0 aliphatic heterocycles. The molecular formula is C13H8Br3NO2. The average Bonchev–Trinajstić information content (AvgIpc) is 2.34. The van der Waals surface area contributed by atoms with Crippen molar-refractivity contribution in [2.45, 2.75) is 0 Å². The summed E-state index contributed by atoms with van der Waals surface area (Å²) >= 11 is 9.97. The maximum Gasteiger partial charge on any atom is 0.259 e. The summed E-state index contributed by atoms with van der Waals surface area (Å²) in [6.45, 7) is 0. The maximum absolute atomic E-state index is 12.1.